The lowest BCUT2D eigenvalue weighted by molar-refractivity contribution is -0.114. The quantitative estimate of drug-likeness (QED) is 0.905. The van der Waals surface area contributed by atoms with E-state index in [1.165, 1.54) is 18.2 Å². The summed E-state index contributed by atoms with van der Waals surface area (Å²) in [5.41, 5.74) is 0.554. The molecule has 1 amide bonds. The zero-order chi connectivity index (χ0) is 13.8. The molecule has 19 heavy (non-hydrogen) atoms. The molecule has 2 aromatic rings. The van der Waals surface area contributed by atoms with E-state index in [4.69, 9.17) is 16.1 Å². The molecule has 0 aliphatic rings. The van der Waals surface area contributed by atoms with Crippen molar-refractivity contribution in [2.45, 2.75) is 6.92 Å². The van der Waals surface area contributed by atoms with E-state index >= 15 is 0 Å². The molecule has 0 aliphatic heterocycles. The van der Waals surface area contributed by atoms with Crippen LogP contribution >= 0.6 is 11.6 Å². The number of carbonyl (C=O) groups is 1. The van der Waals surface area contributed by atoms with E-state index in [0.29, 0.717) is 17.3 Å². The van der Waals surface area contributed by atoms with Gasteiger partial charge in [-0.25, -0.2) is 4.39 Å². The number of aromatic nitrogens is 1. The van der Waals surface area contributed by atoms with Crippen LogP contribution in [0, 0.1) is 12.7 Å². The number of nitrogens with one attached hydrogen (secondary N) is 2. The minimum Gasteiger partial charge on any atom is -0.376 e. The number of amides is 1. The fourth-order valence-electron chi connectivity index (χ4n) is 1.40. The standard InChI is InChI=1S/C12H11ClFN3O2/c1-7-4-11(17-19-7)16-12(18)6-15-8-2-3-10(14)9(13)5-8/h2-5,15H,6H2,1H3,(H,16,17,18). The molecule has 0 saturated carbocycles. The molecule has 0 atom stereocenters. The second-order valence-corrected chi connectivity index (χ2v) is 4.26. The number of anilines is 2. The Kier molecular flexibility index (Phi) is 4.01. The molecule has 0 aliphatic carbocycles. The number of benzene rings is 1. The Bertz CT molecular complexity index is 600. The van der Waals surface area contributed by atoms with Crippen molar-refractivity contribution < 1.29 is 13.7 Å². The molecule has 7 heteroatoms. The highest BCUT2D eigenvalue weighted by atomic mass is 35.5. The summed E-state index contributed by atoms with van der Waals surface area (Å²) in [5.74, 6) is 0.151. The van der Waals surface area contributed by atoms with Crippen molar-refractivity contribution in [3.63, 3.8) is 0 Å². The predicted molar refractivity (Wildman–Crippen MR) is 69.8 cm³/mol. The summed E-state index contributed by atoms with van der Waals surface area (Å²) >= 11 is 5.62. The van der Waals surface area contributed by atoms with E-state index in [1.807, 2.05) is 0 Å². The summed E-state index contributed by atoms with van der Waals surface area (Å²) in [5, 5.41) is 8.99. The summed E-state index contributed by atoms with van der Waals surface area (Å²) in [6, 6.07) is 5.73. The van der Waals surface area contributed by atoms with Crippen LogP contribution in [0.3, 0.4) is 0 Å². The van der Waals surface area contributed by atoms with Crippen molar-refractivity contribution in [2.24, 2.45) is 0 Å². The topological polar surface area (TPSA) is 67.2 Å². The number of halogens is 2. The second-order valence-electron chi connectivity index (χ2n) is 3.85. The van der Waals surface area contributed by atoms with Gasteiger partial charge in [-0.1, -0.05) is 16.8 Å². The molecule has 2 N–H and O–H groups in total. The highest BCUT2D eigenvalue weighted by Crippen LogP contribution is 2.19. The molecule has 0 spiro atoms. The molecule has 0 saturated heterocycles. The normalized spacial score (nSPS) is 10.3. The Morgan fingerprint density at radius 3 is 2.89 bits per heavy atom. The smallest absolute Gasteiger partial charge is 0.244 e. The number of hydrogen-bond donors (Lipinski definition) is 2. The molecular weight excluding hydrogens is 273 g/mol. The van der Waals surface area contributed by atoms with Gasteiger partial charge in [0.15, 0.2) is 5.82 Å². The summed E-state index contributed by atoms with van der Waals surface area (Å²) < 4.78 is 17.7. The van der Waals surface area contributed by atoms with Crippen LogP contribution in [-0.2, 0) is 4.79 Å². The van der Waals surface area contributed by atoms with Crippen LogP contribution in [0.4, 0.5) is 15.9 Å². The van der Waals surface area contributed by atoms with Gasteiger partial charge < -0.3 is 15.2 Å². The van der Waals surface area contributed by atoms with Gasteiger partial charge in [0.2, 0.25) is 5.91 Å². The van der Waals surface area contributed by atoms with Gasteiger partial charge in [0.1, 0.15) is 11.6 Å². The molecule has 0 radical (unpaired) electrons. The molecule has 5 nitrogen and oxygen atoms in total. The molecular formula is C12H11ClFN3O2. The van der Waals surface area contributed by atoms with Crippen molar-refractivity contribution >= 4 is 29.0 Å². The van der Waals surface area contributed by atoms with Crippen LogP contribution in [-0.4, -0.2) is 17.6 Å². The first-order valence-corrected chi connectivity index (χ1v) is 5.84. The molecule has 1 heterocycles. The van der Waals surface area contributed by atoms with E-state index < -0.39 is 5.82 Å². The van der Waals surface area contributed by atoms with E-state index in [9.17, 15) is 9.18 Å². The average Bonchev–Trinajstić information content (AvgIpc) is 2.76. The fourth-order valence-corrected chi connectivity index (χ4v) is 1.58. The summed E-state index contributed by atoms with van der Waals surface area (Å²) in [6.45, 7) is 1.73. The zero-order valence-electron chi connectivity index (χ0n) is 10.0. The largest absolute Gasteiger partial charge is 0.376 e. The van der Waals surface area contributed by atoms with Crippen LogP contribution < -0.4 is 10.6 Å². The molecule has 0 bridgehead atoms. The molecule has 1 aromatic carbocycles. The maximum Gasteiger partial charge on any atom is 0.244 e. The van der Waals surface area contributed by atoms with Crippen LogP contribution in [0.25, 0.3) is 0 Å². The summed E-state index contributed by atoms with van der Waals surface area (Å²) in [6.07, 6.45) is 0. The summed E-state index contributed by atoms with van der Waals surface area (Å²) in [4.78, 5) is 11.6. The number of hydrogen-bond acceptors (Lipinski definition) is 4. The van der Waals surface area contributed by atoms with Gasteiger partial charge in [0, 0.05) is 11.8 Å². The van der Waals surface area contributed by atoms with Crippen molar-refractivity contribution in [1.82, 2.24) is 5.16 Å². The fraction of sp³-hybridized carbons (Fsp3) is 0.167. The third-order valence-electron chi connectivity index (χ3n) is 2.27. The second kappa shape index (κ2) is 5.71. The average molecular weight is 284 g/mol. The minimum absolute atomic E-state index is 0.00228. The SMILES string of the molecule is Cc1cc(NC(=O)CNc2ccc(F)c(Cl)c2)no1. The van der Waals surface area contributed by atoms with Crippen LogP contribution in [0.15, 0.2) is 28.8 Å². The third kappa shape index (κ3) is 3.69. The first-order chi connectivity index (χ1) is 9.04. The predicted octanol–water partition coefficient (Wildman–Crippen LogP) is 2.83. The van der Waals surface area contributed by atoms with Crippen LogP contribution in [0.2, 0.25) is 5.02 Å². The lowest BCUT2D eigenvalue weighted by Gasteiger charge is -2.06. The number of carbonyl (C=O) groups excluding carboxylic acids is 1. The van der Waals surface area contributed by atoms with Gasteiger partial charge in [-0.3, -0.25) is 4.79 Å². The lowest BCUT2D eigenvalue weighted by Crippen LogP contribution is -2.21. The monoisotopic (exact) mass is 283 g/mol. The van der Waals surface area contributed by atoms with E-state index in [0.717, 1.165) is 0 Å². The number of aryl methyl sites for hydroxylation is 1. The maximum absolute atomic E-state index is 12.9. The van der Waals surface area contributed by atoms with Gasteiger partial charge in [-0.2, -0.15) is 0 Å². The van der Waals surface area contributed by atoms with Crippen molar-refractivity contribution in [3.8, 4) is 0 Å². The van der Waals surface area contributed by atoms with Gasteiger partial charge in [0.25, 0.3) is 0 Å². The highest BCUT2D eigenvalue weighted by molar-refractivity contribution is 6.31. The first kappa shape index (κ1) is 13.4. The Hall–Kier alpha value is -2.08. The van der Waals surface area contributed by atoms with Gasteiger partial charge in [0.05, 0.1) is 11.6 Å². The van der Waals surface area contributed by atoms with Crippen molar-refractivity contribution in [1.29, 1.82) is 0 Å². The first-order valence-electron chi connectivity index (χ1n) is 5.46. The van der Waals surface area contributed by atoms with Crippen LogP contribution in [0.1, 0.15) is 5.76 Å². The van der Waals surface area contributed by atoms with Crippen molar-refractivity contribution in [2.75, 3.05) is 17.2 Å². The van der Waals surface area contributed by atoms with Crippen molar-refractivity contribution in [3.05, 3.63) is 40.9 Å². The molecule has 1 aromatic heterocycles. The lowest BCUT2D eigenvalue weighted by atomic mass is 10.3. The number of rotatable bonds is 4. The van der Waals surface area contributed by atoms with Gasteiger partial charge >= 0.3 is 0 Å². The van der Waals surface area contributed by atoms with E-state index in [2.05, 4.69) is 15.8 Å². The third-order valence-corrected chi connectivity index (χ3v) is 2.56. The minimum atomic E-state index is -0.505. The van der Waals surface area contributed by atoms with Crippen LogP contribution in [0.5, 0.6) is 0 Å². The summed E-state index contributed by atoms with van der Waals surface area (Å²) in [7, 11) is 0. The zero-order valence-corrected chi connectivity index (χ0v) is 10.8. The Labute approximate surface area is 113 Å². The Balaban J connectivity index is 1.88. The van der Waals surface area contributed by atoms with E-state index in [-0.39, 0.29) is 17.5 Å². The maximum atomic E-state index is 12.9. The number of nitrogens with zero attached hydrogens (tertiary/aromatic N) is 1. The highest BCUT2D eigenvalue weighted by Gasteiger charge is 2.06. The van der Waals surface area contributed by atoms with E-state index in [1.54, 1.807) is 13.0 Å². The molecule has 100 valence electrons. The molecule has 0 unspecified atom stereocenters. The Morgan fingerprint density at radius 2 is 2.26 bits per heavy atom. The van der Waals surface area contributed by atoms with Gasteiger partial charge in [-0.15, -0.1) is 0 Å². The molecule has 0 fully saturated rings. The Morgan fingerprint density at radius 1 is 1.47 bits per heavy atom. The van der Waals surface area contributed by atoms with Gasteiger partial charge in [-0.05, 0) is 25.1 Å². The molecule has 2 rings (SSSR count).